The zero-order chi connectivity index (χ0) is 16.1. The summed E-state index contributed by atoms with van der Waals surface area (Å²) in [6.07, 6.45) is 0. The molecule has 0 atom stereocenters. The maximum absolute atomic E-state index is 12.4. The van der Waals surface area contributed by atoms with Crippen LogP contribution in [0.5, 0.6) is 0 Å². The molecule has 6 heteroatoms. The molecule has 23 heavy (non-hydrogen) atoms. The Morgan fingerprint density at radius 1 is 1.09 bits per heavy atom. The number of likely N-dealkylation sites (N-methyl/N-ethyl adjacent to an activating group) is 1. The van der Waals surface area contributed by atoms with Crippen molar-refractivity contribution in [3.8, 4) is 0 Å². The number of nitrogens with one attached hydrogen (secondary N) is 1. The van der Waals surface area contributed by atoms with E-state index >= 15 is 0 Å². The van der Waals surface area contributed by atoms with Crippen molar-refractivity contribution in [2.75, 3.05) is 76.3 Å². The van der Waals surface area contributed by atoms with Crippen LogP contribution in [0.15, 0.2) is 24.3 Å². The van der Waals surface area contributed by atoms with Gasteiger partial charge in [-0.2, -0.15) is 0 Å². The zero-order valence-electron chi connectivity index (χ0n) is 13.8. The fourth-order valence-corrected chi connectivity index (χ4v) is 3.06. The normalized spacial score (nSPS) is 20.5. The van der Waals surface area contributed by atoms with Crippen molar-refractivity contribution in [1.29, 1.82) is 0 Å². The second kappa shape index (κ2) is 7.77. The van der Waals surface area contributed by atoms with E-state index in [2.05, 4.69) is 33.1 Å². The van der Waals surface area contributed by atoms with Gasteiger partial charge < -0.3 is 19.9 Å². The number of ether oxygens (including phenoxy) is 1. The highest BCUT2D eigenvalue weighted by molar-refractivity contribution is 5.95. The van der Waals surface area contributed by atoms with Gasteiger partial charge in [-0.15, -0.1) is 0 Å². The third-order valence-corrected chi connectivity index (χ3v) is 4.49. The number of piperazine rings is 1. The molecule has 0 aromatic heterocycles. The van der Waals surface area contributed by atoms with Crippen LogP contribution < -0.4 is 10.2 Å². The van der Waals surface area contributed by atoms with Crippen LogP contribution >= 0.6 is 0 Å². The Morgan fingerprint density at radius 3 is 2.52 bits per heavy atom. The third kappa shape index (κ3) is 4.43. The molecule has 1 amide bonds. The van der Waals surface area contributed by atoms with Crippen molar-refractivity contribution in [2.45, 2.75) is 0 Å². The Bertz CT molecular complexity index is 523. The molecule has 2 saturated heterocycles. The van der Waals surface area contributed by atoms with Gasteiger partial charge in [0.2, 0.25) is 5.91 Å². The fraction of sp³-hybridized carbons (Fsp3) is 0.588. The summed E-state index contributed by atoms with van der Waals surface area (Å²) in [5, 5.41) is 3.09. The maximum atomic E-state index is 12.4. The highest BCUT2D eigenvalue weighted by Crippen LogP contribution is 2.26. The van der Waals surface area contributed by atoms with Gasteiger partial charge in [-0.25, -0.2) is 0 Å². The highest BCUT2D eigenvalue weighted by atomic mass is 16.5. The van der Waals surface area contributed by atoms with E-state index in [4.69, 9.17) is 4.74 Å². The van der Waals surface area contributed by atoms with Crippen molar-refractivity contribution >= 4 is 17.3 Å². The molecule has 126 valence electrons. The molecule has 3 rings (SSSR count). The van der Waals surface area contributed by atoms with Crippen LogP contribution in [0.1, 0.15) is 0 Å². The number of rotatable bonds is 4. The summed E-state index contributed by atoms with van der Waals surface area (Å²) in [7, 11) is 2.12. The second-order valence-electron chi connectivity index (χ2n) is 6.24. The first-order valence-corrected chi connectivity index (χ1v) is 8.35. The fourth-order valence-electron chi connectivity index (χ4n) is 3.06. The molecule has 1 aromatic rings. The number of hydrogen-bond donors (Lipinski definition) is 1. The molecule has 6 nitrogen and oxygen atoms in total. The second-order valence-corrected chi connectivity index (χ2v) is 6.24. The summed E-state index contributed by atoms with van der Waals surface area (Å²) in [5.41, 5.74) is 1.98. The van der Waals surface area contributed by atoms with Gasteiger partial charge >= 0.3 is 0 Å². The van der Waals surface area contributed by atoms with Crippen LogP contribution in [-0.4, -0.2) is 81.8 Å². The number of amides is 1. The molecule has 0 spiro atoms. The van der Waals surface area contributed by atoms with E-state index in [0.717, 1.165) is 63.9 Å². The van der Waals surface area contributed by atoms with E-state index in [1.54, 1.807) is 0 Å². The molecule has 0 bridgehead atoms. The molecular formula is C17H26N4O2. The van der Waals surface area contributed by atoms with E-state index in [9.17, 15) is 4.79 Å². The number of carbonyl (C=O) groups is 1. The van der Waals surface area contributed by atoms with Crippen LogP contribution in [0.2, 0.25) is 0 Å². The first-order chi connectivity index (χ1) is 11.2. The first-order valence-electron chi connectivity index (χ1n) is 8.35. The smallest absolute Gasteiger partial charge is 0.238 e. The van der Waals surface area contributed by atoms with E-state index < -0.39 is 0 Å². The van der Waals surface area contributed by atoms with Gasteiger partial charge in [0.05, 0.1) is 31.1 Å². The van der Waals surface area contributed by atoms with Crippen molar-refractivity contribution in [3.63, 3.8) is 0 Å². The summed E-state index contributed by atoms with van der Waals surface area (Å²) >= 11 is 0. The Labute approximate surface area is 138 Å². The third-order valence-electron chi connectivity index (χ3n) is 4.49. The standard InChI is InChI=1S/C17H26N4O2/c1-19-6-8-20(9-7-19)14-17(22)18-15-4-2-3-5-16(15)21-10-12-23-13-11-21/h2-5H,6-14H2,1H3,(H,18,22). The summed E-state index contributed by atoms with van der Waals surface area (Å²) in [6, 6.07) is 8.03. The van der Waals surface area contributed by atoms with E-state index in [1.807, 2.05) is 18.2 Å². The van der Waals surface area contributed by atoms with Gasteiger partial charge in [-0.3, -0.25) is 9.69 Å². The summed E-state index contributed by atoms with van der Waals surface area (Å²) in [6.45, 7) is 7.63. The minimum atomic E-state index is 0.0651. The number of hydrogen-bond acceptors (Lipinski definition) is 5. The lowest BCUT2D eigenvalue weighted by atomic mass is 10.2. The number of anilines is 2. The number of para-hydroxylation sites is 2. The van der Waals surface area contributed by atoms with E-state index in [0.29, 0.717) is 6.54 Å². The molecule has 2 heterocycles. The SMILES string of the molecule is CN1CCN(CC(=O)Nc2ccccc2N2CCOCC2)CC1. The topological polar surface area (TPSA) is 48.0 Å². The van der Waals surface area contributed by atoms with Gasteiger partial charge in [-0.1, -0.05) is 12.1 Å². The molecular weight excluding hydrogens is 292 g/mol. The molecule has 2 fully saturated rings. The Balaban J connectivity index is 1.59. The summed E-state index contributed by atoms with van der Waals surface area (Å²) < 4.78 is 5.41. The van der Waals surface area contributed by atoms with Gasteiger partial charge in [0.1, 0.15) is 0 Å². The quantitative estimate of drug-likeness (QED) is 0.886. The average molecular weight is 318 g/mol. The van der Waals surface area contributed by atoms with Gasteiger partial charge in [0, 0.05) is 39.3 Å². The lowest BCUT2D eigenvalue weighted by Crippen LogP contribution is -2.47. The van der Waals surface area contributed by atoms with Crippen LogP contribution in [0.4, 0.5) is 11.4 Å². The Morgan fingerprint density at radius 2 is 1.78 bits per heavy atom. The monoisotopic (exact) mass is 318 g/mol. The molecule has 2 aliphatic heterocycles. The van der Waals surface area contributed by atoms with Gasteiger partial charge in [-0.05, 0) is 19.2 Å². The van der Waals surface area contributed by atoms with Crippen LogP contribution in [0.3, 0.4) is 0 Å². The van der Waals surface area contributed by atoms with Crippen LogP contribution in [-0.2, 0) is 9.53 Å². The average Bonchev–Trinajstić information content (AvgIpc) is 2.58. The summed E-state index contributed by atoms with van der Waals surface area (Å²) in [5.74, 6) is 0.0651. The van der Waals surface area contributed by atoms with E-state index in [-0.39, 0.29) is 5.91 Å². The van der Waals surface area contributed by atoms with Crippen molar-refractivity contribution < 1.29 is 9.53 Å². The Kier molecular flexibility index (Phi) is 5.48. The Hall–Kier alpha value is -1.63. The van der Waals surface area contributed by atoms with Gasteiger partial charge in [0.15, 0.2) is 0 Å². The number of carbonyl (C=O) groups excluding carboxylic acids is 1. The number of benzene rings is 1. The molecule has 1 N–H and O–H groups in total. The largest absolute Gasteiger partial charge is 0.378 e. The molecule has 0 aliphatic carbocycles. The highest BCUT2D eigenvalue weighted by Gasteiger charge is 2.19. The van der Waals surface area contributed by atoms with Gasteiger partial charge in [0.25, 0.3) is 0 Å². The predicted octanol–water partition coefficient (Wildman–Crippen LogP) is 0.709. The predicted molar refractivity (Wildman–Crippen MR) is 92.0 cm³/mol. The first kappa shape index (κ1) is 16.2. The van der Waals surface area contributed by atoms with Crippen LogP contribution in [0, 0.1) is 0 Å². The minimum Gasteiger partial charge on any atom is -0.378 e. The summed E-state index contributed by atoms with van der Waals surface area (Å²) in [4.78, 5) is 19.2. The number of morpholine rings is 1. The van der Waals surface area contributed by atoms with Crippen molar-refractivity contribution in [3.05, 3.63) is 24.3 Å². The van der Waals surface area contributed by atoms with E-state index in [1.165, 1.54) is 0 Å². The molecule has 2 aliphatic rings. The molecule has 0 unspecified atom stereocenters. The zero-order valence-corrected chi connectivity index (χ0v) is 13.8. The van der Waals surface area contributed by atoms with Crippen molar-refractivity contribution in [1.82, 2.24) is 9.80 Å². The maximum Gasteiger partial charge on any atom is 0.238 e. The molecule has 0 saturated carbocycles. The lowest BCUT2D eigenvalue weighted by Gasteiger charge is -2.32. The van der Waals surface area contributed by atoms with Crippen molar-refractivity contribution in [2.24, 2.45) is 0 Å². The minimum absolute atomic E-state index is 0.0651. The number of nitrogens with zero attached hydrogens (tertiary/aromatic N) is 3. The van der Waals surface area contributed by atoms with Crippen LogP contribution in [0.25, 0.3) is 0 Å². The molecule has 0 radical (unpaired) electrons. The lowest BCUT2D eigenvalue weighted by molar-refractivity contribution is -0.117. The molecule has 1 aromatic carbocycles.